The first-order chi connectivity index (χ1) is 3.65. The lowest BCUT2D eigenvalue weighted by atomic mass is 10.8. The highest BCUT2D eigenvalue weighted by Crippen LogP contribution is 1.42. The van der Waals surface area contributed by atoms with E-state index in [1.165, 1.54) is 0 Å². The van der Waals surface area contributed by atoms with Gasteiger partial charge < -0.3 is 32.7 Å². The molecule has 10 heavy (non-hydrogen) atoms. The largest absolute Gasteiger partial charge is 0.503 e. The zero-order valence-electron chi connectivity index (χ0n) is 5.53. The summed E-state index contributed by atoms with van der Waals surface area (Å²) < 4.78 is 0. The summed E-state index contributed by atoms with van der Waals surface area (Å²) >= 11 is 0. The van der Waals surface area contributed by atoms with Crippen molar-refractivity contribution >= 4 is 6.16 Å². The predicted molar refractivity (Wildman–Crippen MR) is 34.9 cm³/mol. The fraction of sp³-hybridized carbons (Fsp3) is 0.667. The Labute approximate surface area is 58.1 Å². The fourth-order valence-corrected chi connectivity index (χ4v) is 0. The minimum Gasteiger partial charge on any atom is -0.450 e. The normalized spacial score (nSPS) is 5.40. The Bertz CT molecular complexity index is 52.9. The third-order valence-corrected chi connectivity index (χ3v) is 0.1000. The number of hydrogen-bond donors (Lipinski definition) is 6. The van der Waals surface area contributed by atoms with Crippen LogP contribution < -0.4 is 12.3 Å². The third kappa shape index (κ3) is 21900. The average molecular weight is 158 g/mol. The number of rotatable bonds is 1. The van der Waals surface area contributed by atoms with Crippen molar-refractivity contribution in [2.24, 2.45) is 0 Å². The Hall–Kier alpha value is -0.890. The molecule has 0 bridgehead atoms. The number of aliphatic hydroxyl groups excluding tert-OH is 2. The summed E-state index contributed by atoms with van der Waals surface area (Å²) in [6.07, 6.45) is -1.83. The number of carbonyl (C=O) groups is 1. The van der Waals surface area contributed by atoms with Gasteiger partial charge in [-0.2, -0.15) is 0 Å². The van der Waals surface area contributed by atoms with Gasteiger partial charge in [0, 0.05) is 0 Å². The number of carboxylic acid groups (broad SMARTS) is 2. The molecule has 0 heterocycles. The van der Waals surface area contributed by atoms with Crippen molar-refractivity contribution in [3.05, 3.63) is 0 Å². The highest BCUT2D eigenvalue weighted by atomic mass is 16.6. The lowest BCUT2D eigenvalue weighted by Gasteiger charge is -1.70. The molecule has 0 fully saturated rings. The van der Waals surface area contributed by atoms with Crippen molar-refractivity contribution < 1.29 is 25.2 Å². The van der Waals surface area contributed by atoms with E-state index in [-0.39, 0.29) is 25.5 Å². The molecule has 0 saturated carbocycles. The maximum atomic E-state index is 8.56. The number of hydrogen-bond acceptors (Lipinski definition) is 5. The molecular weight excluding hydrogens is 144 g/mol. The van der Waals surface area contributed by atoms with Crippen molar-refractivity contribution in [1.82, 2.24) is 12.3 Å². The van der Waals surface area contributed by atoms with E-state index >= 15 is 0 Å². The maximum absolute atomic E-state index is 8.56. The molecule has 0 unspecified atom stereocenters. The zero-order valence-corrected chi connectivity index (χ0v) is 5.53. The smallest absolute Gasteiger partial charge is 0.450 e. The Morgan fingerprint density at radius 3 is 1.10 bits per heavy atom. The van der Waals surface area contributed by atoms with Crippen LogP contribution in [0.3, 0.4) is 0 Å². The molecule has 66 valence electrons. The second-order valence-electron chi connectivity index (χ2n) is 0.730. The molecule has 0 aliphatic rings. The SMILES string of the molecule is N.N.O=C(O)O.OCCO. The van der Waals surface area contributed by atoms with Gasteiger partial charge in [0.15, 0.2) is 0 Å². The molecule has 0 aromatic rings. The molecule has 0 atom stereocenters. The topological polar surface area (TPSA) is 168 Å². The van der Waals surface area contributed by atoms with E-state index in [1.54, 1.807) is 0 Å². The summed E-state index contributed by atoms with van der Waals surface area (Å²) in [6.45, 7) is -0.250. The van der Waals surface area contributed by atoms with Gasteiger partial charge in [-0.1, -0.05) is 0 Å². The Kier molecular flexibility index (Phi) is 55.7. The lowest BCUT2D eigenvalue weighted by Crippen LogP contribution is -1.85. The second-order valence-corrected chi connectivity index (χ2v) is 0.730. The first-order valence-electron chi connectivity index (χ1n) is 1.78. The van der Waals surface area contributed by atoms with Crippen LogP contribution in [0.1, 0.15) is 0 Å². The highest BCUT2D eigenvalue weighted by molar-refractivity contribution is 5.53. The van der Waals surface area contributed by atoms with E-state index in [1.807, 2.05) is 0 Å². The van der Waals surface area contributed by atoms with Gasteiger partial charge >= 0.3 is 6.16 Å². The van der Waals surface area contributed by atoms with Crippen LogP contribution in [-0.4, -0.2) is 39.8 Å². The van der Waals surface area contributed by atoms with Crippen LogP contribution in [0.25, 0.3) is 0 Å². The Morgan fingerprint density at radius 2 is 1.10 bits per heavy atom. The third-order valence-electron chi connectivity index (χ3n) is 0.1000. The van der Waals surface area contributed by atoms with Crippen LogP contribution in [0.4, 0.5) is 4.79 Å². The van der Waals surface area contributed by atoms with Gasteiger partial charge in [0.25, 0.3) is 0 Å². The van der Waals surface area contributed by atoms with Crippen LogP contribution in [0.15, 0.2) is 0 Å². The second kappa shape index (κ2) is 24.3. The lowest BCUT2D eigenvalue weighted by molar-refractivity contribution is 0.137. The van der Waals surface area contributed by atoms with Gasteiger partial charge in [-0.25, -0.2) is 4.79 Å². The van der Waals surface area contributed by atoms with E-state index in [9.17, 15) is 0 Å². The summed E-state index contributed by atoms with van der Waals surface area (Å²) in [6, 6.07) is 0. The quantitative estimate of drug-likeness (QED) is 0.299. The summed E-state index contributed by atoms with van der Waals surface area (Å²) in [4.78, 5) is 8.56. The van der Waals surface area contributed by atoms with Crippen LogP contribution in [0.2, 0.25) is 0 Å². The van der Waals surface area contributed by atoms with E-state index in [4.69, 9.17) is 25.2 Å². The van der Waals surface area contributed by atoms with E-state index in [0.717, 1.165) is 0 Å². The Morgan fingerprint density at radius 1 is 1.00 bits per heavy atom. The molecule has 0 radical (unpaired) electrons. The van der Waals surface area contributed by atoms with E-state index in [0.29, 0.717) is 0 Å². The van der Waals surface area contributed by atoms with Crippen LogP contribution >= 0.6 is 0 Å². The highest BCUT2D eigenvalue weighted by Gasteiger charge is 1.70. The molecule has 0 aromatic heterocycles. The molecule has 10 N–H and O–H groups in total. The van der Waals surface area contributed by atoms with Crippen molar-refractivity contribution in [3.63, 3.8) is 0 Å². The molecule has 7 nitrogen and oxygen atoms in total. The molecule has 0 saturated heterocycles. The van der Waals surface area contributed by atoms with Gasteiger partial charge in [-0.15, -0.1) is 0 Å². The zero-order chi connectivity index (χ0) is 6.99. The van der Waals surface area contributed by atoms with Crippen molar-refractivity contribution in [1.29, 1.82) is 0 Å². The van der Waals surface area contributed by atoms with Crippen LogP contribution in [0.5, 0.6) is 0 Å². The maximum Gasteiger partial charge on any atom is 0.503 e. The molecule has 0 aliphatic heterocycles. The van der Waals surface area contributed by atoms with Gasteiger partial charge in [0.2, 0.25) is 0 Å². The van der Waals surface area contributed by atoms with E-state index < -0.39 is 6.16 Å². The standard InChI is InChI=1S/C2H6O2.CH2O3.2H3N/c3-1-2-4;2-1(3)4;;/h3-4H,1-2H2;(H2,2,3,4);2*1H3. The van der Waals surface area contributed by atoms with Gasteiger partial charge in [0.1, 0.15) is 0 Å². The summed E-state index contributed by atoms with van der Waals surface area (Å²) in [5.41, 5.74) is 0. The van der Waals surface area contributed by atoms with Crippen molar-refractivity contribution in [2.75, 3.05) is 13.2 Å². The predicted octanol–water partition coefficient (Wildman–Crippen LogP) is -0.483. The summed E-state index contributed by atoms with van der Waals surface area (Å²) in [7, 11) is 0. The molecule has 0 rings (SSSR count). The Balaban J connectivity index is -0.0000000300. The first-order valence-corrected chi connectivity index (χ1v) is 1.78. The van der Waals surface area contributed by atoms with Gasteiger partial charge in [0.05, 0.1) is 13.2 Å². The molecule has 0 aliphatic carbocycles. The molecule has 7 heteroatoms. The van der Waals surface area contributed by atoms with Crippen LogP contribution in [0, 0.1) is 0 Å². The summed E-state index contributed by atoms with van der Waals surface area (Å²) in [5, 5.41) is 29.2. The summed E-state index contributed by atoms with van der Waals surface area (Å²) in [5.74, 6) is 0. The fourth-order valence-electron chi connectivity index (χ4n) is 0. The number of aliphatic hydroxyl groups is 2. The molecule has 0 amide bonds. The van der Waals surface area contributed by atoms with Crippen molar-refractivity contribution in [3.8, 4) is 0 Å². The first kappa shape index (κ1) is 22.9. The minimum absolute atomic E-state index is 0. The molecule has 0 aromatic carbocycles. The monoisotopic (exact) mass is 158 g/mol. The average Bonchev–Trinajstić information content (AvgIpc) is 1.65. The van der Waals surface area contributed by atoms with Gasteiger partial charge in [-0.3, -0.25) is 0 Å². The minimum atomic E-state index is -1.83. The van der Waals surface area contributed by atoms with E-state index in [2.05, 4.69) is 0 Å². The van der Waals surface area contributed by atoms with Crippen LogP contribution in [-0.2, 0) is 0 Å². The molecular formula is C3H14N2O5. The van der Waals surface area contributed by atoms with Gasteiger partial charge in [-0.05, 0) is 0 Å². The van der Waals surface area contributed by atoms with Crippen molar-refractivity contribution in [2.45, 2.75) is 0 Å². The molecule has 0 spiro atoms.